The molecule has 4 nitrogen and oxygen atoms in total. The largest absolute Gasteiger partial charge is 0.355 e. The van der Waals surface area contributed by atoms with Crippen molar-refractivity contribution in [1.82, 2.24) is 4.90 Å². The van der Waals surface area contributed by atoms with Crippen LogP contribution in [-0.4, -0.2) is 35.3 Å². The fraction of sp³-hybridized carbons (Fsp3) is 0.227. The Morgan fingerprint density at radius 2 is 1.58 bits per heavy atom. The molecule has 0 unspecified atom stereocenters. The predicted octanol–water partition coefficient (Wildman–Crippen LogP) is 4.43. The summed E-state index contributed by atoms with van der Waals surface area (Å²) in [6, 6.07) is 17.1. The summed E-state index contributed by atoms with van der Waals surface area (Å²) < 4.78 is 0. The Morgan fingerprint density at radius 1 is 0.923 bits per heavy atom. The second-order valence-electron chi connectivity index (χ2n) is 6.15. The van der Waals surface area contributed by atoms with Gasteiger partial charge >= 0.3 is 0 Å². The fourth-order valence-electron chi connectivity index (χ4n) is 3.10. The number of nitrogens with zero attached hydrogens (tertiary/aromatic N) is 3. The van der Waals surface area contributed by atoms with Crippen LogP contribution in [0, 0.1) is 0 Å². The molecule has 1 aliphatic rings. The monoisotopic (exact) mass is 345 g/mol. The summed E-state index contributed by atoms with van der Waals surface area (Å²) in [6.07, 6.45) is 2.08. The first-order chi connectivity index (χ1) is 12.7. The van der Waals surface area contributed by atoms with E-state index in [-0.39, 0.29) is 5.78 Å². The van der Waals surface area contributed by atoms with Crippen molar-refractivity contribution >= 4 is 23.4 Å². The second-order valence-corrected chi connectivity index (χ2v) is 6.15. The number of fused-ring (bicyclic) bond motifs is 1. The molecule has 0 saturated heterocycles. The van der Waals surface area contributed by atoms with Gasteiger partial charge in [-0.2, -0.15) is 0 Å². The van der Waals surface area contributed by atoms with Gasteiger partial charge in [0.15, 0.2) is 5.84 Å². The maximum absolute atomic E-state index is 13.1. The molecule has 0 N–H and O–H groups in total. The number of hydrogen-bond acceptors (Lipinski definition) is 4. The first-order valence-corrected chi connectivity index (χ1v) is 8.94. The standard InChI is InChI=1S/C22H23N3O/c1-4-25(5-2)22-16(3)15-18-13-9-10-14-19(18)20(23-24-22)21(26)17-11-7-6-8-12-17/h6-15H,4-5H2,1-3H3/b16-15-,18-15?,20-19?,22-16?,23-20+,24-22+,24-23?. The molecule has 1 aliphatic heterocycles. The Labute approximate surface area is 154 Å². The Hall–Kier alpha value is -3.01. The van der Waals surface area contributed by atoms with Crippen LogP contribution in [0.4, 0.5) is 0 Å². The molecule has 2 aromatic rings. The van der Waals surface area contributed by atoms with E-state index < -0.39 is 0 Å². The average molecular weight is 345 g/mol. The molecule has 1 heterocycles. The highest BCUT2D eigenvalue weighted by Gasteiger charge is 2.21. The van der Waals surface area contributed by atoms with Crippen molar-refractivity contribution < 1.29 is 4.79 Å². The summed E-state index contributed by atoms with van der Waals surface area (Å²) in [7, 11) is 0. The molecule has 0 atom stereocenters. The smallest absolute Gasteiger partial charge is 0.213 e. The van der Waals surface area contributed by atoms with E-state index >= 15 is 0 Å². The summed E-state index contributed by atoms with van der Waals surface area (Å²) in [6.45, 7) is 7.88. The van der Waals surface area contributed by atoms with Gasteiger partial charge in [0.2, 0.25) is 5.78 Å². The van der Waals surface area contributed by atoms with Crippen molar-refractivity contribution in [2.24, 2.45) is 10.2 Å². The molecule has 0 fully saturated rings. The molecule has 132 valence electrons. The number of carbonyl (C=O) groups excluding carboxylic acids is 1. The number of Topliss-reactive ketones (excluding diaryl/α,β-unsaturated/α-hetero) is 1. The first-order valence-electron chi connectivity index (χ1n) is 8.94. The summed E-state index contributed by atoms with van der Waals surface area (Å²) >= 11 is 0. The zero-order chi connectivity index (χ0) is 18.5. The van der Waals surface area contributed by atoms with E-state index in [1.165, 1.54) is 0 Å². The van der Waals surface area contributed by atoms with Gasteiger partial charge in [-0.25, -0.2) is 0 Å². The minimum atomic E-state index is -0.117. The fourth-order valence-corrected chi connectivity index (χ4v) is 3.10. The number of rotatable bonds is 4. The minimum Gasteiger partial charge on any atom is -0.355 e. The van der Waals surface area contributed by atoms with E-state index in [1.807, 2.05) is 61.5 Å². The number of amidine groups is 1. The molecule has 4 heteroatoms. The van der Waals surface area contributed by atoms with Gasteiger partial charge in [0.1, 0.15) is 5.71 Å². The highest BCUT2D eigenvalue weighted by molar-refractivity contribution is 6.52. The number of carbonyl (C=O) groups is 1. The number of ketones is 1. The molecule has 0 aromatic heterocycles. The molecule has 3 rings (SSSR count). The van der Waals surface area contributed by atoms with Crippen molar-refractivity contribution in [3.05, 3.63) is 76.9 Å². The van der Waals surface area contributed by atoms with Crippen molar-refractivity contribution in [3.63, 3.8) is 0 Å². The lowest BCUT2D eigenvalue weighted by atomic mass is 9.95. The molecule has 26 heavy (non-hydrogen) atoms. The van der Waals surface area contributed by atoms with E-state index in [0.717, 1.165) is 35.6 Å². The maximum atomic E-state index is 13.1. The molecular formula is C22H23N3O. The van der Waals surface area contributed by atoms with Crippen LogP contribution in [0.1, 0.15) is 42.3 Å². The van der Waals surface area contributed by atoms with Crippen molar-refractivity contribution in [2.45, 2.75) is 20.8 Å². The van der Waals surface area contributed by atoms with Crippen molar-refractivity contribution in [1.29, 1.82) is 0 Å². The van der Waals surface area contributed by atoms with Gasteiger partial charge in [0.25, 0.3) is 0 Å². The molecule has 0 amide bonds. The van der Waals surface area contributed by atoms with Gasteiger partial charge in [-0.15, -0.1) is 10.2 Å². The number of likely N-dealkylation sites (N-methyl/N-ethyl adjacent to an activating group) is 1. The third-order valence-electron chi connectivity index (χ3n) is 4.50. The van der Waals surface area contributed by atoms with Crippen LogP contribution in [0.3, 0.4) is 0 Å². The van der Waals surface area contributed by atoms with E-state index in [0.29, 0.717) is 11.3 Å². The average Bonchev–Trinajstić information content (AvgIpc) is 2.67. The lowest BCUT2D eigenvalue weighted by molar-refractivity contribution is 0.106. The van der Waals surface area contributed by atoms with Crippen molar-refractivity contribution in [3.8, 4) is 0 Å². The topological polar surface area (TPSA) is 45.0 Å². The Balaban J connectivity index is 2.17. The third kappa shape index (κ3) is 3.49. The van der Waals surface area contributed by atoms with E-state index in [1.54, 1.807) is 0 Å². The molecule has 0 radical (unpaired) electrons. The Morgan fingerprint density at radius 3 is 2.27 bits per heavy atom. The van der Waals surface area contributed by atoms with Gasteiger partial charge < -0.3 is 4.90 Å². The van der Waals surface area contributed by atoms with Gasteiger partial charge in [0, 0.05) is 24.2 Å². The molecule has 0 saturated carbocycles. The highest BCUT2D eigenvalue weighted by atomic mass is 16.1. The first kappa shape index (κ1) is 17.8. The Kier molecular flexibility index (Phi) is 5.42. The summed E-state index contributed by atoms with van der Waals surface area (Å²) in [5, 5.41) is 8.90. The minimum absolute atomic E-state index is 0.117. The van der Waals surface area contributed by atoms with Crippen LogP contribution in [0.2, 0.25) is 0 Å². The van der Waals surface area contributed by atoms with Gasteiger partial charge in [-0.1, -0.05) is 54.6 Å². The van der Waals surface area contributed by atoms with Crippen LogP contribution in [-0.2, 0) is 0 Å². The number of hydrogen-bond donors (Lipinski definition) is 0. The summed E-state index contributed by atoms with van der Waals surface area (Å²) in [5.74, 6) is 0.691. The van der Waals surface area contributed by atoms with Crippen LogP contribution in [0.25, 0.3) is 6.08 Å². The lowest BCUT2D eigenvalue weighted by Crippen LogP contribution is -2.32. The zero-order valence-electron chi connectivity index (χ0n) is 15.4. The van der Waals surface area contributed by atoms with Crippen LogP contribution in [0.15, 0.2) is 70.4 Å². The van der Waals surface area contributed by atoms with Crippen LogP contribution in [0.5, 0.6) is 0 Å². The number of benzene rings is 2. The van der Waals surface area contributed by atoms with Crippen LogP contribution < -0.4 is 0 Å². The van der Waals surface area contributed by atoms with Gasteiger partial charge in [-0.3, -0.25) is 4.79 Å². The quantitative estimate of drug-likeness (QED) is 0.770. The second kappa shape index (κ2) is 7.91. The maximum Gasteiger partial charge on any atom is 0.213 e. The summed E-state index contributed by atoms with van der Waals surface area (Å²) in [4.78, 5) is 15.2. The van der Waals surface area contributed by atoms with Crippen LogP contribution >= 0.6 is 0 Å². The molecule has 2 aromatic carbocycles. The van der Waals surface area contributed by atoms with Gasteiger partial charge in [0.05, 0.1) is 0 Å². The highest BCUT2D eigenvalue weighted by Crippen LogP contribution is 2.21. The van der Waals surface area contributed by atoms with E-state index in [9.17, 15) is 4.79 Å². The van der Waals surface area contributed by atoms with E-state index in [2.05, 4.69) is 35.0 Å². The Bertz CT molecular complexity index is 891. The van der Waals surface area contributed by atoms with Crippen molar-refractivity contribution in [2.75, 3.05) is 13.1 Å². The molecular weight excluding hydrogens is 322 g/mol. The third-order valence-corrected chi connectivity index (χ3v) is 4.50. The SMILES string of the molecule is CCN(CC)C1=N/N=C(/C(=O)c2ccccc2)c2ccccc2/C=C\1C. The molecule has 0 spiro atoms. The predicted molar refractivity (Wildman–Crippen MR) is 108 cm³/mol. The normalized spacial score (nSPS) is 19.6. The molecule has 0 aliphatic carbocycles. The van der Waals surface area contributed by atoms with E-state index in [4.69, 9.17) is 0 Å². The lowest BCUT2D eigenvalue weighted by Gasteiger charge is -2.24. The molecule has 0 bridgehead atoms. The van der Waals surface area contributed by atoms with Gasteiger partial charge in [-0.05, 0) is 38.0 Å². The summed E-state index contributed by atoms with van der Waals surface area (Å²) in [5.41, 5.74) is 3.81. The zero-order valence-corrected chi connectivity index (χ0v) is 15.4.